The van der Waals surface area contributed by atoms with E-state index in [4.69, 9.17) is 21.6 Å². The van der Waals surface area contributed by atoms with Gasteiger partial charge < -0.3 is 14.9 Å². The fourth-order valence-corrected chi connectivity index (χ4v) is 1.78. The number of alkyl halides is 1. The zero-order valence-electron chi connectivity index (χ0n) is 9.43. The first kappa shape index (κ1) is 13.8. The van der Waals surface area contributed by atoms with Gasteiger partial charge in [-0.15, -0.1) is 11.6 Å². The van der Waals surface area contributed by atoms with Gasteiger partial charge in [0.1, 0.15) is 17.9 Å². The molecule has 1 aromatic carbocycles. The van der Waals surface area contributed by atoms with E-state index in [0.29, 0.717) is 11.3 Å². The predicted octanol–water partition coefficient (Wildman–Crippen LogP) is 1.59. The van der Waals surface area contributed by atoms with Crippen LogP contribution in [-0.4, -0.2) is 29.3 Å². The van der Waals surface area contributed by atoms with Crippen LogP contribution in [0, 0.1) is 11.3 Å². The molecule has 0 aromatic heterocycles. The maximum atomic E-state index is 9.94. The number of benzene rings is 1. The molecule has 5 heteroatoms. The Morgan fingerprint density at radius 1 is 1.47 bits per heavy atom. The lowest BCUT2D eigenvalue weighted by atomic mass is 9.97. The number of aliphatic hydroxyl groups is 2. The Morgan fingerprint density at radius 2 is 2.18 bits per heavy atom. The molecule has 1 aromatic rings. The van der Waals surface area contributed by atoms with Crippen LogP contribution in [0.3, 0.4) is 0 Å². The van der Waals surface area contributed by atoms with Crippen molar-refractivity contribution < 1.29 is 14.9 Å². The van der Waals surface area contributed by atoms with Crippen LogP contribution in [0.5, 0.6) is 5.75 Å². The molecule has 0 fully saturated rings. The third-order valence-corrected chi connectivity index (χ3v) is 2.70. The van der Waals surface area contributed by atoms with Crippen molar-refractivity contribution in [1.29, 1.82) is 5.26 Å². The molecule has 2 unspecified atom stereocenters. The molecule has 0 spiro atoms. The first-order chi connectivity index (χ1) is 8.15. The maximum Gasteiger partial charge on any atom is 0.137 e. The topological polar surface area (TPSA) is 73.5 Å². The van der Waals surface area contributed by atoms with Gasteiger partial charge in [-0.2, -0.15) is 5.26 Å². The number of hydrogen-bond acceptors (Lipinski definition) is 4. The molecule has 0 radical (unpaired) electrons. The summed E-state index contributed by atoms with van der Waals surface area (Å²) in [6, 6.07) is 6.84. The molecule has 0 aliphatic carbocycles. The Balaban J connectivity index is 3.09. The number of hydrogen-bond donors (Lipinski definition) is 2. The fourth-order valence-electron chi connectivity index (χ4n) is 1.56. The van der Waals surface area contributed by atoms with E-state index in [9.17, 15) is 10.2 Å². The Kier molecular flexibility index (Phi) is 5.23. The first-order valence-corrected chi connectivity index (χ1v) is 5.68. The van der Waals surface area contributed by atoms with Crippen LogP contribution < -0.4 is 4.74 Å². The SMILES string of the molecule is COc1cccc(C(O)C(O)CCCl)c1C#N. The van der Waals surface area contributed by atoms with Crippen molar-refractivity contribution in [2.24, 2.45) is 0 Å². The summed E-state index contributed by atoms with van der Waals surface area (Å²) in [5.74, 6) is 0.617. The van der Waals surface area contributed by atoms with Crippen molar-refractivity contribution in [1.82, 2.24) is 0 Å². The Labute approximate surface area is 105 Å². The van der Waals surface area contributed by atoms with E-state index in [1.165, 1.54) is 7.11 Å². The van der Waals surface area contributed by atoms with E-state index in [1.807, 2.05) is 6.07 Å². The summed E-state index contributed by atoms with van der Waals surface area (Å²) in [4.78, 5) is 0. The van der Waals surface area contributed by atoms with Crippen molar-refractivity contribution in [3.63, 3.8) is 0 Å². The van der Waals surface area contributed by atoms with Gasteiger partial charge in [-0.25, -0.2) is 0 Å². The van der Waals surface area contributed by atoms with Crippen molar-refractivity contribution in [3.05, 3.63) is 29.3 Å². The molecule has 17 heavy (non-hydrogen) atoms. The number of methoxy groups -OCH3 is 1. The van der Waals surface area contributed by atoms with Crippen LogP contribution in [0.4, 0.5) is 0 Å². The molecule has 2 atom stereocenters. The summed E-state index contributed by atoms with van der Waals surface area (Å²) in [6.07, 6.45) is -1.88. The summed E-state index contributed by atoms with van der Waals surface area (Å²) in [5.41, 5.74) is 0.584. The standard InChI is InChI=1S/C12H14ClNO3/c1-17-11-4-2-3-8(9(11)7-14)12(16)10(15)5-6-13/h2-4,10,12,15-16H,5-6H2,1H3. The van der Waals surface area contributed by atoms with Gasteiger partial charge in [0.25, 0.3) is 0 Å². The molecule has 0 bridgehead atoms. The number of aliphatic hydroxyl groups excluding tert-OH is 2. The summed E-state index contributed by atoms with van der Waals surface area (Å²) in [7, 11) is 1.45. The zero-order chi connectivity index (χ0) is 12.8. The van der Waals surface area contributed by atoms with Crippen LogP contribution in [0.1, 0.15) is 23.7 Å². The highest BCUT2D eigenvalue weighted by molar-refractivity contribution is 6.17. The predicted molar refractivity (Wildman–Crippen MR) is 64.0 cm³/mol. The molecule has 0 aliphatic heterocycles. The van der Waals surface area contributed by atoms with Crippen molar-refractivity contribution >= 4 is 11.6 Å². The minimum atomic E-state index is -1.14. The maximum absolute atomic E-state index is 9.94. The smallest absolute Gasteiger partial charge is 0.137 e. The Bertz CT molecular complexity index is 417. The average Bonchev–Trinajstić information content (AvgIpc) is 2.36. The highest BCUT2D eigenvalue weighted by Crippen LogP contribution is 2.28. The summed E-state index contributed by atoms with van der Waals surface area (Å²) < 4.78 is 5.03. The molecule has 1 rings (SSSR count). The van der Waals surface area contributed by atoms with Crippen molar-refractivity contribution in [2.45, 2.75) is 18.6 Å². The third kappa shape index (κ3) is 3.10. The van der Waals surface area contributed by atoms with E-state index in [2.05, 4.69) is 0 Å². The number of ether oxygens (including phenoxy) is 1. The van der Waals surface area contributed by atoms with Gasteiger partial charge in [-0.05, 0) is 12.5 Å². The van der Waals surface area contributed by atoms with Crippen LogP contribution in [0.25, 0.3) is 0 Å². The zero-order valence-corrected chi connectivity index (χ0v) is 10.2. The molecule has 0 aliphatic rings. The lowest BCUT2D eigenvalue weighted by Crippen LogP contribution is -2.19. The van der Waals surface area contributed by atoms with E-state index < -0.39 is 12.2 Å². The molecule has 0 saturated carbocycles. The van der Waals surface area contributed by atoms with Gasteiger partial charge in [-0.1, -0.05) is 12.1 Å². The van der Waals surface area contributed by atoms with Gasteiger partial charge in [0.05, 0.1) is 18.8 Å². The number of halogens is 1. The van der Waals surface area contributed by atoms with Crippen LogP contribution in [0.2, 0.25) is 0 Å². The van der Waals surface area contributed by atoms with Gasteiger partial charge >= 0.3 is 0 Å². The lowest BCUT2D eigenvalue weighted by molar-refractivity contribution is 0.0167. The normalized spacial score (nSPS) is 13.8. The first-order valence-electron chi connectivity index (χ1n) is 5.14. The monoisotopic (exact) mass is 255 g/mol. The molecule has 0 saturated heterocycles. The third-order valence-electron chi connectivity index (χ3n) is 2.48. The fraction of sp³-hybridized carbons (Fsp3) is 0.417. The molecule has 0 amide bonds. The number of nitriles is 1. The van der Waals surface area contributed by atoms with Crippen molar-refractivity contribution in [2.75, 3.05) is 13.0 Å². The summed E-state index contributed by atoms with van der Waals surface area (Å²) in [6.45, 7) is 0. The van der Waals surface area contributed by atoms with Gasteiger partial charge in [0, 0.05) is 11.4 Å². The van der Waals surface area contributed by atoms with E-state index >= 15 is 0 Å². The second-order valence-corrected chi connectivity index (χ2v) is 3.90. The molecule has 92 valence electrons. The number of rotatable bonds is 5. The molecular weight excluding hydrogens is 242 g/mol. The minimum Gasteiger partial charge on any atom is -0.495 e. The van der Waals surface area contributed by atoms with Gasteiger partial charge in [0.2, 0.25) is 0 Å². The molecular formula is C12H14ClNO3. The second-order valence-electron chi connectivity index (χ2n) is 3.53. The second kappa shape index (κ2) is 6.45. The quantitative estimate of drug-likeness (QED) is 0.784. The molecule has 2 N–H and O–H groups in total. The lowest BCUT2D eigenvalue weighted by Gasteiger charge is -2.19. The molecule has 0 heterocycles. The van der Waals surface area contributed by atoms with Crippen LogP contribution in [-0.2, 0) is 0 Å². The van der Waals surface area contributed by atoms with E-state index in [0.717, 1.165) is 0 Å². The van der Waals surface area contributed by atoms with Crippen molar-refractivity contribution in [3.8, 4) is 11.8 Å². The average molecular weight is 256 g/mol. The Hall–Kier alpha value is -1.28. The summed E-state index contributed by atoms with van der Waals surface area (Å²) in [5, 5.41) is 28.6. The molecule has 4 nitrogen and oxygen atoms in total. The largest absolute Gasteiger partial charge is 0.495 e. The van der Waals surface area contributed by atoms with Gasteiger partial charge in [-0.3, -0.25) is 0 Å². The van der Waals surface area contributed by atoms with Crippen LogP contribution >= 0.6 is 11.6 Å². The summed E-state index contributed by atoms with van der Waals surface area (Å²) >= 11 is 5.50. The van der Waals surface area contributed by atoms with E-state index in [1.54, 1.807) is 18.2 Å². The highest BCUT2D eigenvalue weighted by Gasteiger charge is 2.22. The minimum absolute atomic E-state index is 0.233. The van der Waals surface area contributed by atoms with Crippen LogP contribution in [0.15, 0.2) is 18.2 Å². The van der Waals surface area contributed by atoms with Gasteiger partial charge in [0.15, 0.2) is 0 Å². The highest BCUT2D eigenvalue weighted by atomic mass is 35.5. The van der Waals surface area contributed by atoms with E-state index in [-0.39, 0.29) is 17.9 Å². The Morgan fingerprint density at radius 3 is 2.71 bits per heavy atom. The number of nitrogens with zero attached hydrogens (tertiary/aromatic N) is 1.